The van der Waals surface area contributed by atoms with Gasteiger partial charge < -0.3 is 14.8 Å². The molecule has 1 aliphatic heterocycles. The molecular weight excluding hydrogens is 182 g/mol. The minimum Gasteiger partial charge on any atom is -0.350 e. The van der Waals surface area contributed by atoms with Crippen LogP contribution in [0.15, 0.2) is 12.2 Å². The SMILES string of the molecule is C/C=C/C(=O)NCC1COC(C)(C)O1. The number of hydrogen-bond acceptors (Lipinski definition) is 3. The Labute approximate surface area is 84.3 Å². The Hall–Kier alpha value is -0.870. The van der Waals surface area contributed by atoms with E-state index in [0.717, 1.165) is 0 Å². The van der Waals surface area contributed by atoms with Crippen molar-refractivity contribution in [2.24, 2.45) is 0 Å². The molecule has 14 heavy (non-hydrogen) atoms. The fraction of sp³-hybridized carbons (Fsp3) is 0.700. The highest BCUT2D eigenvalue weighted by molar-refractivity contribution is 5.87. The van der Waals surface area contributed by atoms with Crippen molar-refractivity contribution in [3.05, 3.63) is 12.2 Å². The van der Waals surface area contributed by atoms with Gasteiger partial charge in [0.2, 0.25) is 5.91 Å². The maximum atomic E-state index is 11.1. The van der Waals surface area contributed by atoms with E-state index >= 15 is 0 Å². The number of rotatable bonds is 3. The molecule has 0 radical (unpaired) electrons. The van der Waals surface area contributed by atoms with Crippen LogP contribution in [0.25, 0.3) is 0 Å². The van der Waals surface area contributed by atoms with Crippen LogP contribution in [-0.4, -0.2) is 30.9 Å². The highest BCUT2D eigenvalue weighted by Gasteiger charge is 2.32. The summed E-state index contributed by atoms with van der Waals surface area (Å²) in [7, 11) is 0. The summed E-state index contributed by atoms with van der Waals surface area (Å²) in [5, 5.41) is 2.73. The van der Waals surface area contributed by atoms with Gasteiger partial charge in [-0.2, -0.15) is 0 Å². The van der Waals surface area contributed by atoms with E-state index in [1.807, 2.05) is 13.8 Å². The molecule has 0 bridgehead atoms. The van der Waals surface area contributed by atoms with Crippen molar-refractivity contribution < 1.29 is 14.3 Å². The Kier molecular flexibility index (Phi) is 3.66. The van der Waals surface area contributed by atoms with Gasteiger partial charge >= 0.3 is 0 Å². The van der Waals surface area contributed by atoms with Crippen molar-refractivity contribution in [3.63, 3.8) is 0 Å². The standard InChI is InChI=1S/C10H17NO3/c1-4-5-9(12)11-6-8-7-13-10(2,3)14-8/h4-5,8H,6-7H2,1-3H3,(H,11,12)/b5-4+. The minimum absolute atomic E-state index is 0.0424. The van der Waals surface area contributed by atoms with Crippen molar-refractivity contribution in [2.45, 2.75) is 32.7 Å². The highest BCUT2D eigenvalue weighted by Crippen LogP contribution is 2.21. The molecule has 0 saturated carbocycles. The van der Waals surface area contributed by atoms with Crippen molar-refractivity contribution >= 4 is 5.91 Å². The molecule has 1 atom stereocenters. The molecule has 80 valence electrons. The van der Waals surface area contributed by atoms with Crippen LogP contribution in [-0.2, 0) is 14.3 Å². The lowest BCUT2D eigenvalue weighted by atomic mass is 10.3. The summed E-state index contributed by atoms with van der Waals surface area (Å²) in [5.41, 5.74) is 0. The Morgan fingerprint density at radius 3 is 2.86 bits per heavy atom. The molecule has 1 unspecified atom stereocenters. The number of carbonyl (C=O) groups excluding carboxylic acids is 1. The number of amides is 1. The van der Waals surface area contributed by atoms with Gasteiger partial charge in [0.15, 0.2) is 5.79 Å². The number of ether oxygens (including phenoxy) is 2. The van der Waals surface area contributed by atoms with Crippen LogP contribution in [0.3, 0.4) is 0 Å². The summed E-state index contributed by atoms with van der Waals surface area (Å²) in [6.45, 7) is 6.55. The third-order valence-corrected chi connectivity index (χ3v) is 1.89. The second-order valence-electron chi connectivity index (χ2n) is 3.70. The lowest BCUT2D eigenvalue weighted by Crippen LogP contribution is -2.33. The van der Waals surface area contributed by atoms with Crippen molar-refractivity contribution in [3.8, 4) is 0 Å². The molecule has 1 heterocycles. The van der Waals surface area contributed by atoms with Gasteiger partial charge in [-0.15, -0.1) is 0 Å². The fourth-order valence-corrected chi connectivity index (χ4v) is 1.29. The van der Waals surface area contributed by atoms with Gasteiger partial charge in [-0.25, -0.2) is 0 Å². The highest BCUT2D eigenvalue weighted by atomic mass is 16.7. The summed E-state index contributed by atoms with van der Waals surface area (Å²) in [6.07, 6.45) is 3.14. The van der Waals surface area contributed by atoms with Gasteiger partial charge in [-0.05, 0) is 26.8 Å². The topological polar surface area (TPSA) is 47.6 Å². The summed E-state index contributed by atoms with van der Waals surface area (Å²) in [4.78, 5) is 11.1. The molecule has 0 aliphatic carbocycles. The number of carbonyl (C=O) groups is 1. The quantitative estimate of drug-likeness (QED) is 0.685. The molecule has 0 aromatic carbocycles. The summed E-state index contributed by atoms with van der Waals surface area (Å²) in [6, 6.07) is 0. The van der Waals surface area contributed by atoms with Crippen LogP contribution in [0.5, 0.6) is 0 Å². The zero-order valence-electron chi connectivity index (χ0n) is 8.87. The molecule has 1 rings (SSSR count). The Bertz CT molecular complexity index is 236. The molecule has 4 heteroatoms. The zero-order valence-corrected chi connectivity index (χ0v) is 8.87. The molecular formula is C10H17NO3. The van der Waals surface area contributed by atoms with E-state index in [1.165, 1.54) is 6.08 Å². The molecule has 1 saturated heterocycles. The maximum Gasteiger partial charge on any atom is 0.243 e. The van der Waals surface area contributed by atoms with E-state index in [-0.39, 0.29) is 12.0 Å². The third kappa shape index (κ3) is 3.47. The zero-order chi connectivity index (χ0) is 10.6. The van der Waals surface area contributed by atoms with Gasteiger partial charge in [-0.3, -0.25) is 4.79 Å². The molecule has 0 aromatic heterocycles. The molecule has 4 nitrogen and oxygen atoms in total. The molecule has 1 N–H and O–H groups in total. The molecule has 1 amide bonds. The van der Waals surface area contributed by atoms with Crippen molar-refractivity contribution in [1.29, 1.82) is 0 Å². The Balaban J connectivity index is 2.24. The smallest absolute Gasteiger partial charge is 0.243 e. The monoisotopic (exact) mass is 199 g/mol. The van der Waals surface area contributed by atoms with E-state index in [1.54, 1.807) is 13.0 Å². The van der Waals surface area contributed by atoms with Crippen LogP contribution in [0, 0.1) is 0 Å². The van der Waals surface area contributed by atoms with Gasteiger partial charge in [0.05, 0.1) is 6.61 Å². The van der Waals surface area contributed by atoms with E-state index in [0.29, 0.717) is 13.2 Å². The maximum absolute atomic E-state index is 11.1. The average molecular weight is 199 g/mol. The van der Waals surface area contributed by atoms with E-state index in [2.05, 4.69) is 5.32 Å². The first kappa shape index (κ1) is 11.2. The van der Waals surface area contributed by atoms with Gasteiger partial charge in [0.1, 0.15) is 6.10 Å². The van der Waals surface area contributed by atoms with Crippen LogP contribution in [0.1, 0.15) is 20.8 Å². The number of nitrogens with one attached hydrogen (secondary N) is 1. The number of allylic oxidation sites excluding steroid dienone is 1. The second-order valence-corrected chi connectivity index (χ2v) is 3.70. The second kappa shape index (κ2) is 4.57. The van der Waals surface area contributed by atoms with Crippen LogP contribution in [0.4, 0.5) is 0 Å². The predicted molar refractivity (Wildman–Crippen MR) is 52.7 cm³/mol. The number of hydrogen-bond donors (Lipinski definition) is 1. The normalized spacial score (nSPS) is 25.5. The van der Waals surface area contributed by atoms with E-state index < -0.39 is 5.79 Å². The Morgan fingerprint density at radius 1 is 1.64 bits per heavy atom. The van der Waals surface area contributed by atoms with Crippen LogP contribution < -0.4 is 5.32 Å². The summed E-state index contributed by atoms with van der Waals surface area (Å²) in [5.74, 6) is -0.614. The van der Waals surface area contributed by atoms with Crippen LogP contribution in [0.2, 0.25) is 0 Å². The van der Waals surface area contributed by atoms with Crippen molar-refractivity contribution in [2.75, 3.05) is 13.2 Å². The van der Waals surface area contributed by atoms with Crippen LogP contribution >= 0.6 is 0 Å². The summed E-state index contributed by atoms with van der Waals surface area (Å²) < 4.78 is 10.9. The molecule has 0 spiro atoms. The average Bonchev–Trinajstić information content (AvgIpc) is 2.43. The first-order valence-electron chi connectivity index (χ1n) is 4.76. The molecule has 0 aromatic rings. The lowest BCUT2D eigenvalue weighted by Gasteiger charge is -2.16. The van der Waals surface area contributed by atoms with Gasteiger partial charge in [0, 0.05) is 6.54 Å². The lowest BCUT2D eigenvalue weighted by molar-refractivity contribution is -0.139. The molecule has 1 fully saturated rings. The summed E-state index contributed by atoms with van der Waals surface area (Å²) >= 11 is 0. The minimum atomic E-state index is -0.518. The first-order valence-corrected chi connectivity index (χ1v) is 4.76. The largest absolute Gasteiger partial charge is 0.350 e. The first-order chi connectivity index (χ1) is 6.53. The Morgan fingerprint density at radius 2 is 2.36 bits per heavy atom. The van der Waals surface area contributed by atoms with Crippen molar-refractivity contribution in [1.82, 2.24) is 5.32 Å². The predicted octanol–water partition coefficient (Wildman–Crippen LogP) is 0.830. The fourth-order valence-electron chi connectivity index (χ4n) is 1.29. The van der Waals surface area contributed by atoms with Gasteiger partial charge in [0.25, 0.3) is 0 Å². The van der Waals surface area contributed by atoms with E-state index in [9.17, 15) is 4.79 Å². The van der Waals surface area contributed by atoms with Gasteiger partial charge in [-0.1, -0.05) is 6.08 Å². The molecule has 1 aliphatic rings. The van der Waals surface area contributed by atoms with E-state index in [4.69, 9.17) is 9.47 Å². The third-order valence-electron chi connectivity index (χ3n) is 1.89.